The van der Waals surface area contributed by atoms with Gasteiger partial charge in [0.15, 0.2) is 0 Å². The second-order valence-electron chi connectivity index (χ2n) is 4.32. The first kappa shape index (κ1) is 11.6. The molecular weight excluding hydrogens is 220 g/mol. The molecule has 1 saturated heterocycles. The maximum Gasteiger partial charge on any atom is 0.100 e. The van der Waals surface area contributed by atoms with E-state index in [-0.39, 0.29) is 0 Å². The van der Waals surface area contributed by atoms with Crippen molar-refractivity contribution >= 4 is 11.3 Å². The van der Waals surface area contributed by atoms with Crippen LogP contribution in [-0.4, -0.2) is 29.7 Å². The predicted octanol–water partition coefficient (Wildman–Crippen LogP) is 1.82. The molecule has 86 valence electrons. The van der Waals surface area contributed by atoms with Crippen LogP contribution < -0.4 is 0 Å². The SMILES string of the molecule is N#Cc1csc(CN2CCC(CO)CC2)c1. The van der Waals surface area contributed by atoms with Gasteiger partial charge in [-0.15, -0.1) is 11.3 Å². The van der Waals surface area contributed by atoms with Crippen molar-refractivity contribution in [3.63, 3.8) is 0 Å². The molecule has 1 aromatic rings. The van der Waals surface area contributed by atoms with Gasteiger partial charge in [-0.25, -0.2) is 0 Å². The fourth-order valence-corrected chi connectivity index (χ4v) is 2.92. The first-order valence-electron chi connectivity index (χ1n) is 5.62. The van der Waals surface area contributed by atoms with Gasteiger partial charge in [0, 0.05) is 23.4 Å². The fourth-order valence-electron chi connectivity index (χ4n) is 2.07. The molecule has 1 aliphatic rings. The van der Waals surface area contributed by atoms with Crippen LogP contribution in [0.15, 0.2) is 11.4 Å². The minimum atomic E-state index is 0.325. The number of aliphatic hydroxyl groups excluding tert-OH is 1. The van der Waals surface area contributed by atoms with Crippen LogP contribution in [0.1, 0.15) is 23.3 Å². The summed E-state index contributed by atoms with van der Waals surface area (Å²) in [4.78, 5) is 3.66. The number of thiophene rings is 1. The van der Waals surface area contributed by atoms with Gasteiger partial charge in [-0.2, -0.15) is 5.26 Å². The lowest BCUT2D eigenvalue weighted by molar-refractivity contribution is 0.128. The summed E-state index contributed by atoms with van der Waals surface area (Å²) >= 11 is 1.66. The van der Waals surface area contributed by atoms with Gasteiger partial charge in [-0.3, -0.25) is 4.90 Å². The Balaban J connectivity index is 1.85. The maximum atomic E-state index is 9.05. The summed E-state index contributed by atoms with van der Waals surface area (Å²) in [6.07, 6.45) is 2.18. The Morgan fingerprint density at radius 3 is 2.81 bits per heavy atom. The monoisotopic (exact) mass is 236 g/mol. The van der Waals surface area contributed by atoms with Crippen molar-refractivity contribution in [2.24, 2.45) is 5.92 Å². The molecule has 4 heteroatoms. The van der Waals surface area contributed by atoms with Crippen LogP contribution in [-0.2, 0) is 6.54 Å². The molecule has 0 radical (unpaired) electrons. The topological polar surface area (TPSA) is 47.3 Å². The minimum Gasteiger partial charge on any atom is -0.396 e. The second-order valence-corrected chi connectivity index (χ2v) is 5.31. The summed E-state index contributed by atoms with van der Waals surface area (Å²) in [6, 6.07) is 4.13. The molecule has 0 aromatic carbocycles. The molecule has 16 heavy (non-hydrogen) atoms. The molecule has 0 aliphatic carbocycles. The lowest BCUT2D eigenvalue weighted by atomic mass is 9.98. The smallest absolute Gasteiger partial charge is 0.100 e. The average Bonchev–Trinajstić information content (AvgIpc) is 2.78. The minimum absolute atomic E-state index is 0.325. The highest BCUT2D eigenvalue weighted by molar-refractivity contribution is 7.10. The van der Waals surface area contributed by atoms with Crippen LogP contribution in [0.2, 0.25) is 0 Å². The Morgan fingerprint density at radius 1 is 1.50 bits per heavy atom. The van der Waals surface area contributed by atoms with Gasteiger partial charge < -0.3 is 5.11 Å². The Bertz CT molecular complexity index is 375. The van der Waals surface area contributed by atoms with Crippen LogP contribution in [0.25, 0.3) is 0 Å². The molecular formula is C12H16N2OS. The van der Waals surface area contributed by atoms with E-state index in [0.717, 1.165) is 38.0 Å². The second kappa shape index (κ2) is 5.44. The zero-order valence-corrected chi connectivity index (χ0v) is 10.0. The lowest BCUT2D eigenvalue weighted by Gasteiger charge is -2.30. The molecule has 0 atom stereocenters. The zero-order chi connectivity index (χ0) is 11.4. The van der Waals surface area contributed by atoms with E-state index in [9.17, 15) is 0 Å². The van der Waals surface area contributed by atoms with Gasteiger partial charge in [0.25, 0.3) is 0 Å². The summed E-state index contributed by atoms with van der Waals surface area (Å²) in [6.45, 7) is 3.39. The van der Waals surface area contributed by atoms with Crippen LogP contribution >= 0.6 is 11.3 Å². The molecule has 0 saturated carbocycles. The maximum absolute atomic E-state index is 9.05. The zero-order valence-electron chi connectivity index (χ0n) is 9.22. The molecule has 2 heterocycles. The summed E-state index contributed by atoms with van der Waals surface area (Å²) in [7, 11) is 0. The van der Waals surface area contributed by atoms with Crippen molar-refractivity contribution in [3.8, 4) is 6.07 Å². The van der Waals surface area contributed by atoms with E-state index < -0.39 is 0 Å². The van der Waals surface area contributed by atoms with Gasteiger partial charge in [0.2, 0.25) is 0 Å². The van der Waals surface area contributed by atoms with Crippen molar-refractivity contribution in [3.05, 3.63) is 21.9 Å². The van der Waals surface area contributed by atoms with Crippen molar-refractivity contribution in [2.75, 3.05) is 19.7 Å². The summed E-state index contributed by atoms with van der Waals surface area (Å²) < 4.78 is 0. The van der Waals surface area contributed by atoms with Gasteiger partial charge in [0.05, 0.1) is 5.56 Å². The average molecular weight is 236 g/mol. The number of nitriles is 1. The van der Waals surface area contributed by atoms with Crippen molar-refractivity contribution in [1.29, 1.82) is 5.26 Å². The van der Waals surface area contributed by atoms with E-state index in [1.807, 2.05) is 11.4 Å². The Kier molecular flexibility index (Phi) is 3.94. The fraction of sp³-hybridized carbons (Fsp3) is 0.583. The number of likely N-dealkylation sites (tertiary alicyclic amines) is 1. The van der Waals surface area contributed by atoms with Gasteiger partial charge >= 0.3 is 0 Å². The number of hydrogen-bond donors (Lipinski definition) is 1. The first-order chi connectivity index (χ1) is 7.81. The van der Waals surface area contributed by atoms with Crippen LogP contribution in [0.3, 0.4) is 0 Å². The summed E-state index contributed by atoms with van der Waals surface area (Å²) in [5, 5.41) is 19.7. The van der Waals surface area contributed by atoms with Gasteiger partial charge in [-0.1, -0.05) is 0 Å². The highest BCUT2D eigenvalue weighted by Crippen LogP contribution is 2.21. The number of rotatable bonds is 3. The summed E-state index contributed by atoms with van der Waals surface area (Å²) in [5.74, 6) is 0.495. The molecule has 1 aromatic heterocycles. The molecule has 0 spiro atoms. The standard InChI is InChI=1S/C12H16N2OS/c13-6-11-5-12(16-9-11)7-14-3-1-10(8-15)2-4-14/h5,9-10,15H,1-4,7-8H2. The van der Waals surface area contributed by atoms with E-state index >= 15 is 0 Å². The van der Waals surface area contributed by atoms with E-state index in [2.05, 4.69) is 11.0 Å². The highest BCUT2D eigenvalue weighted by Gasteiger charge is 2.18. The molecule has 0 unspecified atom stereocenters. The Hall–Kier alpha value is -0.890. The van der Waals surface area contributed by atoms with E-state index in [4.69, 9.17) is 10.4 Å². The quantitative estimate of drug-likeness (QED) is 0.871. The highest BCUT2D eigenvalue weighted by atomic mass is 32.1. The Morgan fingerprint density at radius 2 is 2.25 bits per heavy atom. The third-order valence-corrected chi connectivity index (χ3v) is 4.05. The third-order valence-electron chi connectivity index (χ3n) is 3.13. The number of aliphatic hydroxyl groups is 1. The summed E-state index contributed by atoms with van der Waals surface area (Å²) in [5.41, 5.74) is 0.769. The first-order valence-corrected chi connectivity index (χ1v) is 6.50. The predicted molar refractivity (Wildman–Crippen MR) is 64.1 cm³/mol. The number of hydrogen-bond acceptors (Lipinski definition) is 4. The van der Waals surface area contributed by atoms with Crippen LogP contribution in [0.5, 0.6) is 0 Å². The molecule has 2 rings (SSSR count). The molecule has 0 bridgehead atoms. The van der Waals surface area contributed by atoms with E-state index in [0.29, 0.717) is 12.5 Å². The van der Waals surface area contributed by atoms with Crippen LogP contribution in [0, 0.1) is 17.2 Å². The Labute approximate surface area is 99.9 Å². The van der Waals surface area contributed by atoms with Crippen LogP contribution in [0.4, 0.5) is 0 Å². The van der Waals surface area contributed by atoms with Gasteiger partial charge in [0.1, 0.15) is 6.07 Å². The normalized spacial score (nSPS) is 18.5. The molecule has 1 aliphatic heterocycles. The van der Waals surface area contributed by atoms with E-state index in [1.165, 1.54) is 4.88 Å². The lowest BCUT2D eigenvalue weighted by Crippen LogP contribution is -2.34. The largest absolute Gasteiger partial charge is 0.396 e. The number of piperidine rings is 1. The van der Waals surface area contributed by atoms with Crippen molar-refractivity contribution in [2.45, 2.75) is 19.4 Å². The molecule has 1 fully saturated rings. The van der Waals surface area contributed by atoms with Crippen molar-refractivity contribution < 1.29 is 5.11 Å². The molecule has 1 N–H and O–H groups in total. The molecule has 0 amide bonds. The molecule has 3 nitrogen and oxygen atoms in total. The van der Waals surface area contributed by atoms with Crippen molar-refractivity contribution in [1.82, 2.24) is 4.90 Å². The van der Waals surface area contributed by atoms with E-state index in [1.54, 1.807) is 11.3 Å². The third kappa shape index (κ3) is 2.82. The van der Waals surface area contributed by atoms with Gasteiger partial charge in [-0.05, 0) is 37.9 Å². The number of nitrogens with zero attached hydrogens (tertiary/aromatic N) is 2.